The Morgan fingerprint density at radius 3 is 2.67 bits per heavy atom. The molecule has 3 unspecified atom stereocenters. The van der Waals surface area contributed by atoms with E-state index >= 15 is 0 Å². The summed E-state index contributed by atoms with van der Waals surface area (Å²) >= 11 is 6.02. The van der Waals surface area contributed by atoms with Crippen molar-refractivity contribution in [3.05, 3.63) is 22.8 Å². The Bertz CT molecular complexity index is 540. The van der Waals surface area contributed by atoms with Gasteiger partial charge in [-0.05, 0) is 42.2 Å². The molecule has 5 heteroatoms. The predicted octanol–water partition coefficient (Wildman–Crippen LogP) is 3.95. The third kappa shape index (κ3) is 3.49. The summed E-state index contributed by atoms with van der Waals surface area (Å²) in [7, 11) is 0. The number of nitrogens with two attached hydrogens (primary N) is 1. The maximum absolute atomic E-state index is 11.6. The number of halogens is 1. The molecule has 0 bridgehead atoms. The monoisotopic (exact) mass is 310 g/mol. The summed E-state index contributed by atoms with van der Waals surface area (Å²) in [6.07, 6.45) is 3.92. The summed E-state index contributed by atoms with van der Waals surface area (Å²) in [5, 5.41) is 10.0. The zero-order valence-electron chi connectivity index (χ0n) is 12.8. The molecule has 1 aliphatic rings. The molecule has 1 fully saturated rings. The van der Waals surface area contributed by atoms with Crippen LogP contribution in [0.15, 0.2) is 12.3 Å². The lowest BCUT2D eigenvalue weighted by atomic mass is 9.64. The van der Waals surface area contributed by atoms with Crippen LogP contribution in [-0.2, 0) is 4.79 Å². The molecule has 1 aliphatic carbocycles. The maximum Gasteiger partial charge on any atom is 0.307 e. The van der Waals surface area contributed by atoms with E-state index in [1.165, 1.54) is 6.20 Å². The molecule has 4 nitrogen and oxygen atoms in total. The van der Waals surface area contributed by atoms with Crippen molar-refractivity contribution < 1.29 is 9.90 Å². The molecule has 1 heterocycles. The molecular weight excluding hydrogens is 288 g/mol. The maximum atomic E-state index is 11.6. The van der Waals surface area contributed by atoms with Crippen molar-refractivity contribution in [2.75, 3.05) is 5.73 Å². The van der Waals surface area contributed by atoms with Gasteiger partial charge in [0.1, 0.15) is 5.82 Å². The summed E-state index contributed by atoms with van der Waals surface area (Å²) in [5.41, 5.74) is 6.91. The van der Waals surface area contributed by atoms with Gasteiger partial charge in [0.05, 0.1) is 10.9 Å². The van der Waals surface area contributed by atoms with E-state index in [1.807, 2.05) is 0 Å². The van der Waals surface area contributed by atoms with Crippen LogP contribution in [0.2, 0.25) is 5.02 Å². The average Bonchev–Trinajstić information content (AvgIpc) is 2.39. The summed E-state index contributed by atoms with van der Waals surface area (Å²) in [4.78, 5) is 15.7. The molecule has 1 aromatic rings. The van der Waals surface area contributed by atoms with Gasteiger partial charge in [-0.25, -0.2) is 4.98 Å². The molecule has 3 N–H and O–H groups in total. The first-order chi connectivity index (χ1) is 9.70. The molecule has 21 heavy (non-hydrogen) atoms. The fraction of sp³-hybridized carbons (Fsp3) is 0.625. The third-order valence-corrected chi connectivity index (χ3v) is 4.91. The summed E-state index contributed by atoms with van der Waals surface area (Å²) in [5.74, 6) is -0.425. The van der Waals surface area contributed by atoms with Crippen molar-refractivity contribution in [3.63, 3.8) is 0 Å². The van der Waals surface area contributed by atoms with E-state index in [0.29, 0.717) is 23.2 Å². The predicted molar refractivity (Wildman–Crippen MR) is 84.3 cm³/mol. The number of hydrogen-bond donors (Lipinski definition) is 2. The van der Waals surface area contributed by atoms with Gasteiger partial charge in [0.2, 0.25) is 0 Å². The lowest BCUT2D eigenvalue weighted by molar-refractivity contribution is -0.144. The van der Waals surface area contributed by atoms with E-state index < -0.39 is 11.9 Å². The lowest BCUT2D eigenvalue weighted by Crippen LogP contribution is -2.34. The Balaban J connectivity index is 2.38. The number of carboxylic acids is 1. The Morgan fingerprint density at radius 2 is 2.10 bits per heavy atom. The fourth-order valence-electron chi connectivity index (χ4n) is 3.36. The first kappa shape index (κ1) is 16.1. The zero-order chi connectivity index (χ0) is 15.8. The first-order valence-electron chi connectivity index (χ1n) is 7.34. The van der Waals surface area contributed by atoms with Gasteiger partial charge in [-0.15, -0.1) is 0 Å². The minimum absolute atomic E-state index is 0.119. The normalized spacial score (nSPS) is 26.6. The molecule has 0 aliphatic heterocycles. The highest BCUT2D eigenvalue weighted by molar-refractivity contribution is 6.30. The van der Waals surface area contributed by atoms with Crippen molar-refractivity contribution in [1.82, 2.24) is 4.98 Å². The van der Waals surface area contributed by atoms with Gasteiger partial charge in [0.15, 0.2) is 0 Å². The molecule has 0 radical (unpaired) electrons. The quantitative estimate of drug-likeness (QED) is 0.867. The number of pyridine rings is 1. The Morgan fingerprint density at radius 1 is 1.43 bits per heavy atom. The molecule has 0 amide bonds. The third-order valence-electron chi connectivity index (χ3n) is 4.71. The molecule has 0 spiro atoms. The largest absolute Gasteiger partial charge is 0.481 e. The van der Waals surface area contributed by atoms with Crippen molar-refractivity contribution >= 4 is 23.4 Å². The van der Waals surface area contributed by atoms with Gasteiger partial charge in [-0.2, -0.15) is 0 Å². The number of rotatable bonds is 2. The number of nitrogens with zero attached hydrogens (tertiary/aromatic N) is 1. The van der Waals surface area contributed by atoms with Crippen LogP contribution in [0.5, 0.6) is 0 Å². The van der Waals surface area contributed by atoms with E-state index in [0.717, 1.165) is 18.4 Å². The van der Waals surface area contributed by atoms with Crippen LogP contribution in [0, 0.1) is 17.3 Å². The molecule has 0 aromatic carbocycles. The summed E-state index contributed by atoms with van der Waals surface area (Å²) < 4.78 is 0. The Kier molecular flexibility index (Phi) is 4.47. The Labute approximate surface area is 130 Å². The van der Waals surface area contributed by atoms with Crippen LogP contribution in [0.4, 0.5) is 5.82 Å². The summed E-state index contributed by atoms with van der Waals surface area (Å²) in [6.45, 7) is 6.61. The van der Waals surface area contributed by atoms with E-state index in [4.69, 9.17) is 17.3 Å². The van der Waals surface area contributed by atoms with E-state index in [1.54, 1.807) is 6.07 Å². The second-order valence-corrected chi connectivity index (χ2v) is 7.49. The van der Waals surface area contributed by atoms with Gasteiger partial charge in [0.25, 0.3) is 0 Å². The summed E-state index contributed by atoms with van der Waals surface area (Å²) in [6, 6.07) is 1.77. The van der Waals surface area contributed by atoms with Gasteiger partial charge in [-0.1, -0.05) is 32.4 Å². The minimum Gasteiger partial charge on any atom is -0.481 e. The standard InChI is InChI=1S/C16H23ClN2O2/c1-16(2,3)9-4-5-11(15(20)21)12(6-9)13-7-10(17)8-19-14(13)18/h7-9,11-12H,4-6H2,1-3H3,(H2,18,19)(H,20,21). The van der Waals surface area contributed by atoms with Crippen LogP contribution in [-0.4, -0.2) is 16.1 Å². The minimum atomic E-state index is -0.758. The van der Waals surface area contributed by atoms with E-state index in [2.05, 4.69) is 25.8 Å². The number of aliphatic carboxylic acids is 1. The smallest absolute Gasteiger partial charge is 0.307 e. The molecule has 116 valence electrons. The molecule has 2 rings (SSSR count). The van der Waals surface area contributed by atoms with Crippen LogP contribution >= 0.6 is 11.6 Å². The van der Waals surface area contributed by atoms with Crippen LogP contribution in [0.3, 0.4) is 0 Å². The van der Waals surface area contributed by atoms with Crippen LogP contribution in [0.1, 0.15) is 51.5 Å². The van der Waals surface area contributed by atoms with Crippen molar-refractivity contribution in [3.8, 4) is 0 Å². The van der Waals surface area contributed by atoms with Crippen LogP contribution in [0.25, 0.3) is 0 Å². The van der Waals surface area contributed by atoms with E-state index in [9.17, 15) is 9.90 Å². The topological polar surface area (TPSA) is 76.2 Å². The van der Waals surface area contributed by atoms with Gasteiger partial charge >= 0.3 is 5.97 Å². The van der Waals surface area contributed by atoms with Gasteiger partial charge < -0.3 is 10.8 Å². The molecule has 0 saturated heterocycles. The Hall–Kier alpha value is -1.29. The highest BCUT2D eigenvalue weighted by Crippen LogP contribution is 2.48. The molecule has 1 aromatic heterocycles. The second kappa shape index (κ2) is 5.84. The highest BCUT2D eigenvalue weighted by atomic mass is 35.5. The number of aromatic nitrogens is 1. The average molecular weight is 311 g/mol. The highest BCUT2D eigenvalue weighted by Gasteiger charge is 2.40. The second-order valence-electron chi connectivity index (χ2n) is 7.06. The lowest BCUT2D eigenvalue weighted by Gasteiger charge is -2.40. The number of carboxylic acid groups (broad SMARTS) is 1. The van der Waals surface area contributed by atoms with Crippen LogP contribution < -0.4 is 5.73 Å². The van der Waals surface area contributed by atoms with Crippen molar-refractivity contribution in [1.29, 1.82) is 0 Å². The number of nitrogen functional groups attached to an aromatic ring is 1. The SMILES string of the molecule is CC(C)(C)C1CCC(C(=O)O)C(c2cc(Cl)cnc2N)C1. The molecule has 3 atom stereocenters. The molecular formula is C16H23ClN2O2. The number of hydrogen-bond acceptors (Lipinski definition) is 3. The molecule has 1 saturated carbocycles. The van der Waals surface area contributed by atoms with Crippen molar-refractivity contribution in [2.24, 2.45) is 17.3 Å². The first-order valence-corrected chi connectivity index (χ1v) is 7.71. The van der Waals surface area contributed by atoms with Crippen molar-refractivity contribution in [2.45, 2.75) is 46.0 Å². The number of anilines is 1. The van der Waals surface area contributed by atoms with E-state index in [-0.39, 0.29) is 11.3 Å². The fourth-order valence-corrected chi connectivity index (χ4v) is 3.53. The number of carbonyl (C=O) groups is 1. The zero-order valence-corrected chi connectivity index (χ0v) is 13.5. The van der Waals surface area contributed by atoms with Gasteiger partial charge in [0, 0.05) is 12.1 Å². The van der Waals surface area contributed by atoms with Gasteiger partial charge in [-0.3, -0.25) is 4.79 Å².